The van der Waals surface area contributed by atoms with Crippen molar-refractivity contribution in [3.63, 3.8) is 0 Å². The topological polar surface area (TPSA) is 0 Å². The van der Waals surface area contributed by atoms with Gasteiger partial charge in [-0.25, -0.2) is 0 Å². The van der Waals surface area contributed by atoms with Crippen LogP contribution in [0.2, 0.25) is 0 Å². The summed E-state index contributed by atoms with van der Waals surface area (Å²) in [6.45, 7) is 10.0. The van der Waals surface area contributed by atoms with E-state index in [0.717, 1.165) is 0 Å². The molecule has 0 radical (unpaired) electrons. The van der Waals surface area contributed by atoms with Crippen molar-refractivity contribution < 1.29 is 22.4 Å². The fourth-order valence-corrected chi connectivity index (χ4v) is 0. The van der Waals surface area contributed by atoms with Crippen LogP contribution in [0.4, 0.5) is 0 Å². The minimum absolute atomic E-state index is 0. The van der Waals surface area contributed by atoms with Crippen molar-refractivity contribution in [2.75, 3.05) is 0 Å². The van der Waals surface area contributed by atoms with E-state index < -0.39 is 0 Å². The van der Waals surface area contributed by atoms with Gasteiger partial charge in [0.15, 0.2) is 0 Å². The molecule has 0 aromatic heterocycles. The SMILES string of the molecule is C.[CH2-]C.[CH2-]C.[CH3-].[CH3-].[CH3-].[Ta+5]. The van der Waals surface area contributed by atoms with E-state index >= 15 is 0 Å². The van der Waals surface area contributed by atoms with Gasteiger partial charge in [-0.05, 0) is 0 Å². The van der Waals surface area contributed by atoms with Gasteiger partial charge in [-0.3, -0.25) is 0 Å². The molecular weight excluding hydrogens is 277 g/mol. The fourth-order valence-electron chi connectivity index (χ4n) is 0. The molecular formula is C8H23Ta. The van der Waals surface area contributed by atoms with Gasteiger partial charge in [0.1, 0.15) is 0 Å². The van der Waals surface area contributed by atoms with Gasteiger partial charge >= 0.3 is 22.4 Å². The summed E-state index contributed by atoms with van der Waals surface area (Å²) in [5, 5.41) is 0. The van der Waals surface area contributed by atoms with Crippen LogP contribution in [-0.4, -0.2) is 0 Å². The normalized spacial score (nSPS) is 1.33. The van der Waals surface area contributed by atoms with E-state index in [-0.39, 0.29) is 52.1 Å². The molecule has 0 aromatic rings. The summed E-state index contributed by atoms with van der Waals surface area (Å²) in [7, 11) is 0. The van der Waals surface area contributed by atoms with Crippen molar-refractivity contribution in [3.8, 4) is 0 Å². The van der Waals surface area contributed by atoms with Crippen molar-refractivity contribution in [1.82, 2.24) is 0 Å². The first-order valence-corrected chi connectivity index (χ1v) is 1.41. The summed E-state index contributed by atoms with van der Waals surface area (Å²) in [4.78, 5) is 0. The van der Waals surface area contributed by atoms with Crippen LogP contribution in [0.5, 0.6) is 0 Å². The third-order valence-electron chi connectivity index (χ3n) is 0. The monoisotopic (exact) mass is 300 g/mol. The van der Waals surface area contributed by atoms with E-state index in [1.54, 1.807) is 13.8 Å². The molecule has 0 amide bonds. The van der Waals surface area contributed by atoms with Crippen LogP contribution < -0.4 is 0 Å². The van der Waals surface area contributed by atoms with Crippen molar-refractivity contribution in [2.45, 2.75) is 21.3 Å². The molecule has 0 unspecified atom stereocenters. The maximum atomic E-state index is 3.25. The van der Waals surface area contributed by atoms with Crippen LogP contribution in [0, 0.1) is 36.1 Å². The Kier molecular flexibility index (Phi) is 10500. The molecule has 0 N–H and O–H groups in total. The molecule has 0 bridgehead atoms. The van der Waals surface area contributed by atoms with E-state index in [2.05, 4.69) is 13.8 Å². The predicted octanol–water partition coefficient (Wildman–Crippen LogP) is 3.67. The molecule has 0 atom stereocenters. The average Bonchev–Trinajstić information content (AvgIpc) is 1.50. The fraction of sp³-hybridized carbons (Fsp3) is 0.375. The van der Waals surface area contributed by atoms with E-state index in [4.69, 9.17) is 0 Å². The Hall–Kier alpha value is 0.740. The molecule has 60 valence electrons. The first-order chi connectivity index (χ1) is 2.00. The second kappa shape index (κ2) is 956. The summed E-state index contributed by atoms with van der Waals surface area (Å²) >= 11 is 0. The Labute approximate surface area is 80.0 Å². The maximum Gasteiger partial charge on any atom is 5.00 e. The number of rotatable bonds is 0. The Morgan fingerprint density at radius 1 is 0.667 bits per heavy atom. The molecule has 0 saturated heterocycles. The smallest absolute Gasteiger partial charge is 0.358 e. The zero-order valence-corrected chi connectivity index (χ0v) is 10.1. The molecule has 0 rings (SSSR count). The van der Waals surface area contributed by atoms with Crippen LogP contribution in [0.3, 0.4) is 0 Å². The average molecular weight is 300 g/mol. The molecule has 0 aliphatic heterocycles. The zero-order valence-electron chi connectivity index (χ0n) is 6.86. The van der Waals surface area contributed by atoms with Crippen LogP contribution in [0.25, 0.3) is 0 Å². The van der Waals surface area contributed by atoms with Gasteiger partial charge in [-0.15, -0.1) is 0 Å². The van der Waals surface area contributed by atoms with Crippen molar-refractivity contribution >= 4 is 0 Å². The van der Waals surface area contributed by atoms with Crippen LogP contribution in [0.15, 0.2) is 0 Å². The summed E-state index contributed by atoms with van der Waals surface area (Å²) in [6.07, 6.45) is 0. The molecule has 0 saturated carbocycles. The van der Waals surface area contributed by atoms with E-state index in [0.29, 0.717) is 0 Å². The van der Waals surface area contributed by atoms with Crippen LogP contribution >= 0.6 is 0 Å². The van der Waals surface area contributed by atoms with E-state index in [1.807, 2.05) is 0 Å². The summed E-state index contributed by atoms with van der Waals surface area (Å²) in [5.41, 5.74) is 0. The summed E-state index contributed by atoms with van der Waals surface area (Å²) in [6, 6.07) is 0. The van der Waals surface area contributed by atoms with Crippen molar-refractivity contribution in [3.05, 3.63) is 36.1 Å². The summed E-state index contributed by atoms with van der Waals surface area (Å²) < 4.78 is 0. The molecule has 0 spiro atoms. The second-order valence-electron chi connectivity index (χ2n) is 0. The third-order valence-corrected chi connectivity index (χ3v) is 0. The molecule has 1 heteroatoms. The van der Waals surface area contributed by atoms with E-state index in [1.165, 1.54) is 0 Å². The maximum absolute atomic E-state index is 3.25. The zero-order chi connectivity index (χ0) is 4.00. The first-order valence-electron chi connectivity index (χ1n) is 1.41. The molecule has 0 aliphatic carbocycles. The Morgan fingerprint density at radius 2 is 0.667 bits per heavy atom. The number of hydrogen-bond acceptors (Lipinski definition) is 0. The third kappa shape index (κ3) is 725. The molecule has 0 aromatic carbocycles. The van der Waals surface area contributed by atoms with Gasteiger partial charge in [0.2, 0.25) is 0 Å². The quantitative estimate of drug-likeness (QED) is 0.599. The van der Waals surface area contributed by atoms with Gasteiger partial charge in [-0.1, -0.05) is 7.43 Å². The molecule has 0 nitrogen and oxygen atoms in total. The van der Waals surface area contributed by atoms with Crippen molar-refractivity contribution in [2.24, 2.45) is 0 Å². The standard InChI is InChI=1S/2C2H5.CH4.3CH3.Ta/c2*1-2;;;;;/h2*1H2,2H3;1H4;3*1H3;/q2*-1;;3*-1;+5. The largest absolute Gasteiger partial charge is 5.00 e. The Bertz CT molecular complexity index is 4.53. The van der Waals surface area contributed by atoms with Gasteiger partial charge in [0.05, 0.1) is 0 Å². The Morgan fingerprint density at radius 3 is 0.667 bits per heavy atom. The van der Waals surface area contributed by atoms with Crippen molar-refractivity contribution in [1.29, 1.82) is 0 Å². The van der Waals surface area contributed by atoms with E-state index in [9.17, 15) is 0 Å². The van der Waals surface area contributed by atoms with Gasteiger partial charge in [0, 0.05) is 0 Å². The van der Waals surface area contributed by atoms with Gasteiger partial charge in [0.25, 0.3) is 0 Å². The molecule has 0 heterocycles. The van der Waals surface area contributed by atoms with Gasteiger partial charge in [-0.2, -0.15) is 13.8 Å². The summed E-state index contributed by atoms with van der Waals surface area (Å²) in [5.74, 6) is 0. The second-order valence-corrected chi connectivity index (χ2v) is 0. The minimum Gasteiger partial charge on any atom is -0.358 e. The first kappa shape index (κ1) is 99.1. The molecule has 9 heavy (non-hydrogen) atoms. The van der Waals surface area contributed by atoms with Crippen LogP contribution in [0.1, 0.15) is 21.3 Å². The van der Waals surface area contributed by atoms with Gasteiger partial charge < -0.3 is 36.1 Å². The molecule has 0 fully saturated rings. The predicted molar refractivity (Wildman–Crippen MR) is 48.0 cm³/mol. The Balaban J connectivity index is -0.00000000114. The molecule has 0 aliphatic rings. The van der Waals surface area contributed by atoms with Crippen LogP contribution in [-0.2, 0) is 22.4 Å². The number of hydrogen-bond donors (Lipinski definition) is 0. The minimum atomic E-state index is 0.